The van der Waals surface area contributed by atoms with Crippen LogP contribution in [0, 0.1) is 6.92 Å². The van der Waals surface area contributed by atoms with Crippen LogP contribution in [-0.2, 0) is 6.42 Å². The number of methoxy groups -OCH3 is 1. The number of piperidine rings is 1. The van der Waals surface area contributed by atoms with E-state index < -0.39 is 0 Å². The summed E-state index contributed by atoms with van der Waals surface area (Å²) in [5.74, 6) is 2.51. The van der Waals surface area contributed by atoms with E-state index in [1.54, 1.807) is 13.3 Å². The molecule has 0 saturated carbocycles. The Balaban J connectivity index is 1.28. The van der Waals surface area contributed by atoms with Crippen LogP contribution < -0.4 is 4.74 Å². The predicted octanol–water partition coefficient (Wildman–Crippen LogP) is 5.08. The molecule has 6 nitrogen and oxygen atoms in total. The van der Waals surface area contributed by atoms with Crippen LogP contribution >= 0.6 is 0 Å². The number of ether oxygens (including phenoxy) is 1. The first-order valence-electron chi connectivity index (χ1n) is 11.1. The van der Waals surface area contributed by atoms with Crippen LogP contribution in [0.25, 0.3) is 10.9 Å². The summed E-state index contributed by atoms with van der Waals surface area (Å²) >= 11 is 0. The van der Waals surface area contributed by atoms with Crippen LogP contribution in [-0.4, -0.2) is 41.0 Å². The number of amides is 1. The summed E-state index contributed by atoms with van der Waals surface area (Å²) in [6, 6.07) is 16.1. The lowest BCUT2D eigenvalue weighted by Crippen LogP contribution is -2.39. The molecule has 2 aromatic heterocycles. The maximum absolute atomic E-state index is 13.2. The number of carbonyl (C=O) groups is 1. The number of aryl methyl sites for hydroxylation is 1. The topological polar surface area (TPSA) is 71.4 Å². The quantitative estimate of drug-likeness (QED) is 0.480. The molecule has 1 fully saturated rings. The number of carbonyl (C=O) groups excluding carboxylic acids is 1. The van der Waals surface area contributed by atoms with Crippen molar-refractivity contribution in [1.29, 1.82) is 0 Å². The van der Waals surface area contributed by atoms with Gasteiger partial charge >= 0.3 is 0 Å². The van der Waals surface area contributed by atoms with Crippen molar-refractivity contribution in [2.45, 2.75) is 32.1 Å². The van der Waals surface area contributed by atoms with Crippen molar-refractivity contribution in [2.24, 2.45) is 0 Å². The monoisotopic (exact) mass is 429 g/mol. The van der Waals surface area contributed by atoms with Crippen LogP contribution in [0.5, 0.6) is 5.75 Å². The number of nitrogens with one attached hydrogen (secondary N) is 1. The summed E-state index contributed by atoms with van der Waals surface area (Å²) in [5, 5.41) is 1.06. The zero-order valence-electron chi connectivity index (χ0n) is 18.4. The van der Waals surface area contributed by atoms with E-state index >= 15 is 0 Å². The van der Waals surface area contributed by atoms with Crippen molar-refractivity contribution < 1.29 is 13.9 Å². The molecule has 32 heavy (non-hydrogen) atoms. The minimum Gasteiger partial charge on any atom is -0.497 e. The highest BCUT2D eigenvalue weighted by Gasteiger charge is 2.29. The van der Waals surface area contributed by atoms with E-state index in [2.05, 4.69) is 29.0 Å². The molecule has 1 aliphatic heterocycles. The molecule has 3 heterocycles. The Kier molecular flexibility index (Phi) is 5.43. The van der Waals surface area contributed by atoms with E-state index in [1.807, 2.05) is 41.3 Å². The molecule has 4 aromatic rings. The number of H-pyrrole nitrogens is 1. The number of hydrogen-bond acceptors (Lipinski definition) is 4. The normalized spacial score (nSPS) is 16.4. The van der Waals surface area contributed by atoms with Gasteiger partial charge in [0.15, 0.2) is 5.89 Å². The molecule has 0 radical (unpaired) electrons. The number of aromatic nitrogens is 2. The van der Waals surface area contributed by atoms with Crippen molar-refractivity contribution in [3.8, 4) is 5.75 Å². The Morgan fingerprint density at radius 2 is 2.16 bits per heavy atom. The van der Waals surface area contributed by atoms with Gasteiger partial charge in [-0.25, -0.2) is 4.98 Å². The minimum absolute atomic E-state index is 0.0340. The highest BCUT2D eigenvalue weighted by Crippen LogP contribution is 2.29. The molecular weight excluding hydrogens is 402 g/mol. The van der Waals surface area contributed by atoms with E-state index in [-0.39, 0.29) is 11.8 Å². The molecule has 5 rings (SSSR count). The summed E-state index contributed by atoms with van der Waals surface area (Å²) < 4.78 is 11.4. The van der Waals surface area contributed by atoms with E-state index in [4.69, 9.17) is 9.15 Å². The number of likely N-dealkylation sites (tertiary alicyclic amines) is 1. The Labute approximate surface area is 187 Å². The third kappa shape index (κ3) is 4.13. The van der Waals surface area contributed by atoms with Gasteiger partial charge in [0, 0.05) is 30.4 Å². The van der Waals surface area contributed by atoms with Gasteiger partial charge in [-0.3, -0.25) is 4.79 Å². The smallest absolute Gasteiger partial charge is 0.270 e. The van der Waals surface area contributed by atoms with Gasteiger partial charge in [0.25, 0.3) is 5.91 Å². The zero-order chi connectivity index (χ0) is 22.1. The molecule has 2 aromatic carbocycles. The maximum Gasteiger partial charge on any atom is 0.270 e. The van der Waals surface area contributed by atoms with Gasteiger partial charge < -0.3 is 19.0 Å². The van der Waals surface area contributed by atoms with Gasteiger partial charge in [-0.2, -0.15) is 0 Å². The largest absolute Gasteiger partial charge is 0.497 e. The molecule has 1 amide bonds. The first kappa shape index (κ1) is 20.4. The molecule has 0 bridgehead atoms. The van der Waals surface area contributed by atoms with Gasteiger partial charge in [0.2, 0.25) is 0 Å². The Bertz CT molecular complexity index is 1260. The number of fused-ring (bicyclic) bond motifs is 1. The van der Waals surface area contributed by atoms with E-state index in [0.717, 1.165) is 47.4 Å². The summed E-state index contributed by atoms with van der Waals surface area (Å²) in [6.45, 7) is 3.42. The van der Waals surface area contributed by atoms with Crippen LogP contribution in [0.15, 0.2) is 59.1 Å². The minimum atomic E-state index is 0.0340. The number of nitrogens with zero attached hydrogens (tertiary/aromatic N) is 2. The average molecular weight is 430 g/mol. The second kappa shape index (κ2) is 8.54. The van der Waals surface area contributed by atoms with Crippen molar-refractivity contribution in [3.63, 3.8) is 0 Å². The van der Waals surface area contributed by atoms with Gasteiger partial charge in [0.1, 0.15) is 17.2 Å². The lowest BCUT2D eigenvalue weighted by Gasteiger charge is -2.31. The first-order chi connectivity index (χ1) is 15.6. The first-order valence-corrected chi connectivity index (χ1v) is 11.1. The third-order valence-corrected chi connectivity index (χ3v) is 6.15. The number of hydrogen-bond donors (Lipinski definition) is 1. The van der Waals surface area contributed by atoms with Gasteiger partial charge in [-0.1, -0.05) is 24.3 Å². The molecule has 1 N–H and O–H groups in total. The van der Waals surface area contributed by atoms with Gasteiger partial charge in [-0.05, 0) is 55.2 Å². The van der Waals surface area contributed by atoms with Crippen LogP contribution in [0.2, 0.25) is 0 Å². The number of rotatable bonds is 5. The number of oxazole rings is 1. The fraction of sp³-hybridized carbons (Fsp3) is 0.308. The number of benzene rings is 2. The number of aromatic amines is 1. The molecule has 1 saturated heterocycles. The zero-order valence-corrected chi connectivity index (χ0v) is 18.4. The molecule has 1 aliphatic rings. The van der Waals surface area contributed by atoms with Crippen molar-refractivity contribution in [3.05, 3.63) is 83.2 Å². The van der Waals surface area contributed by atoms with E-state index in [0.29, 0.717) is 24.6 Å². The fourth-order valence-corrected chi connectivity index (χ4v) is 4.47. The van der Waals surface area contributed by atoms with Gasteiger partial charge in [0.05, 0.1) is 19.2 Å². The fourth-order valence-electron chi connectivity index (χ4n) is 4.47. The van der Waals surface area contributed by atoms with Gasteiger partial charge in [-0.15, -0.1) is 0 Å². The predicted molar refractivity (Wildman–Crippen MR) is 123 cm³/mol. The van der Waals surface area contributed by atoms with E-state index in [9.17, 15) is 4.79 Å². The molecule has 0 aliphatic carbocycles. The summed E-state index contributed by atoms with van der Waals surface area (Å²) in [6.07, 6.45) is 4.36. The van der Waals surface area contributed by atoms with E-state index in [1.165, 1.54) is 5.56 Å². The third-order valence-electron chi connectivity index (χ3n) is 6.15. The molecule has 0 spiro atoms. The summed E-state index contributed by atoms with van der Waals surface area (Å²) in [4.78, 5) is 22.9. The lowest BCUT2D eigenvalue weighted by molar-refractivity contribution is 0.0693. The second-order valence-electron chi connectivity index (χ2n) is 8.56. The van der Waals surface area contributed by atoms with Crippen LogP contribution in [0.1, 0.15) is 52.0 Å². The Morgan fingerprint density at radius 1 is 1.25 bits per heavy atom. The van der Waals surface area contributed by atoms with Crippen LogP contribution in [0.3, 0.4) is 0 Å². The Hall–Kier alpha value is -3.54. The maximum atomic E-state index is 13.2. The molecular formula is C26H27N3O3. The van der Waals surface area contributed by atoms with Crippen LogP contribution in [0.4, 0.5) is 0 Å². The highest BCUT2D eigenvalue weighted by atomic mass is 16.5. The average Bonchev–Trinajstić information content (AvgIpc) is 3.45. The standard InChI is InChI=1S/C26H27N3O3/c1-17-8-9-19-14-24(28-23(19)11-17)26(30)29-10-4-6-20(16-29)25-27-15-22(32-25)13-18-5-3-7-21(12-18)31-2/h3,5,7-9,11-12,14-15,20,28H,4,6,10,13,16H2,1-2H3. The molecule has 1 atom stereocenters. The molecule has 1 unspecified atom stereocenters. The summed E-state index contributed by atoms with van der Waals surface area (Å²) in [7, 11) is 1.67. The molecule has 164 valence electrons. The highest BCUT2D eigenvalue weighted by molar-refractivity contribution is 5.98. The van der Waals surface area contributed by atoms with Crippen molar-refractivity contribution >= 4 is 16.8 Å². The van der Waals surface area contributed by atoms with Crippen molar-refractivity contribution in [2.75, 3.05) is 20.2 Å². The Morgan fingerprint density at radius 3 is 3.03 bits per heavy atom. The van der Waals surface area contributed by atoms with Crippen molar-refractivity contribution in [1.82, 2.24) is 14.9 Å². The second-order valence-corrected chi connectivity index (χ2v) is 8.56. The SMILES string of the molecule is COc1cccc(Cc2cnc(C3CCCN(C(=O)c4cc5ccc(C)cc5[nH]4)C3)o2)c1. The lowest BCUT2D eigenvalue weighted by atomic mass is 9.97. The summed E-state index contributed by atoms with van der Waals surface area (Å²) in [5.41, 5.74) is 3.92. The molecule has 6 heteroatoms.